The number of carbonyl (C=O) groups excluding carboxylic acids is 1. The van der Waals surface area contributed by atoms with E-state index in [4.69, 9.17) is 11.6 Å². The van der Waals surface area contributed by atoms with Gasteiger partial charge in [-0.3, -0.25) is 4.79 Å². The summed E-state index contributed by atoms with van der Waals surface area (Å²) in [5.74, 6) is 0.500. The third-order valence-electron chi connectivity index (χ3n) is 4.82. The van der Waals surface area contributed by atoms with Gasteiger partial charge in [0.05, 0.1) is 27.8 Å². The van der Waals surface area contributed by atoms with Crippen LogP contribution >= 0.6 is 22.9 Å². The van der Waals surface area contributed by atoms with Gasteiger partial charge in [0.15, 0.2) is 0 Å². The second kappa shape index (κ2) is 8.87. The molecule has 0 saturated carbocycles. The highest BCUT2D eigenvalue weighted by atomic mass is 35.5. The van der Waals surface area contributed by atoms with E-state index >= 15 is 0 Å². The SMILES string of the molecule is CC(C)c1nc(CNC(=O)C2CCN(c3ncc(C(F)(F)F)cc3Cl)CC2)cs1. The summed E-state index contributed by atoms with van der Waals surface area (Å²) in [6.07, 6.45) is -2.52. The zero-order valence-corrected chi connectivity index (χ0v) is 17.7. The van der Waals surface area contributed by atoms with Gasteiger partial charge in [-0.2, -0.15) is 13.2 Å². The highest BCUT2D eigenvalue weighted by Crippen LogP contribution is 2.34. The van der Waals surface area contributed by atoms with Crippen LogP contribution in [0.5, 0.6) is 0 Å². The number of pyridine rings is 1. The summed E-state index contributed by atoms with van der Waals surface area (Å²) < 4.78 is 38.3. The number of alkyl halides is 3. The second-order valence-electron chi connectivity index (χ2n) is 7.34. The van der Waals surface area contributed by atoms with Crippen molar-refractivity contribution in [1.29, 1.82) is 0 Å². The topological polar surface area (TPSA) is 58.1 Å². The highest BCUT2D eigenvalue weighted by molar-refractivity contribution is 7.09. The molecule has 0 spiro atoms. The lowest BCUT2D eigenvalue weighted by Crippen LogP contribution is -2.40. The molecule has 10 heteroatoms. The van der Waals surface area contributed by atoms with Crippen LogP contribution in [-0.2, 0) is 17.5 Å². The van der Waals surface area contributed by atoms with E-state index < -0.39 is 11.7 Å². The predicted molar refractivity (Wildman–Crippen MR) is 107 cm³/mol. The number of halogens is 4. The minimum Gasteiger partial charge on any atom is -0.355 e. The van der Waals surface area contributed by atoms with Gasteiger partial charge in [-0.25, -0.2) is 9.97 Å². The van der Waals surface area contributed by atoms with Gasteiger partial charge in [0.1, 0.15) is 5.82 Å². The van der Waals surface area contributed by atoms with Gasteiger partial charge in [-0.1, -0.05) is 25.4 Å². The average Bonchev–Trinajstić information content (AvgIpc) is 3.15. The molecule has 2 aromatic rings. The van der Waals surface area contributed by atoms with Crippen LogP contribution in [0.4, 0.5) is 19.0 Å². The molecule has 1 aliphatic heterocycles. The largest absolute Gasteiger partial charge is 0.417 e. The van der Waals surface area contributed by atoms with Crippen molar-refractivity contribution in [1.82, 2.24) is 15.3 Å². The molecular weight excluding hydrogens is 425 g/mol. The maximum absolute atomic E-state index is 12.8. The van der Waals surface area contributed by atoms with Crippen molar-refractivity contribution in [2.24, 2.45) is 5.92 Å². The summed E-state index contributed by atoms with van der Waals surface area (Å²) in [6, 6.07) is 0.891. The van der Waals surface area contributed by atoms with Crippen molar-refractivity contribution in [3.63, 3.8) is 0 Å². The molecule has 1 aliphatic rings. The average molecular weight is 447 g/mol. The predicted octanol–water partition coefficient (Wildman–Crippen LogP) is 4.87. The van der Waals surface area contributed by atoms with Crippen LogP contribution < -0.4 is 10.2 Å². The number of hydrogen-bond donors (Lipinski definition) is 1. The molecular formula is C19H22ClF3N4OS. The van der Waals surface area contributed by atoms with Crippen molar-refractivity contribution in [2.45, 2.75) is 45.3 Å². The van der Waals surface area contributed by atoms with Gasteiger partial charge >= 0.3 is 6.18 Å². The fourth-order valence-corrected chi connectivity index (χ4v) is 4.28. The number of rotatable bonds is 5. The van der Waals surface area contributed by atoms with Crippen LogP contribution in [0, 0.1) is 5.92 Å². The van der Waals surface area contributed by atoms with Gasteiger partial charge < -0.3 is 10.2 Å². The first-order chi connectivity index (χ1) is 13.6. The smallest absolute Gasteiger partial charge is 0.355 e. The molecule has 0 aromatic carbocycles. The lowest BCUT2D eigenvalue weighted by atomic mass is 9.96. The third-order valence-corrected chi connectivity index (χ3v) is 6.29. The normalized spacial score (nSPS) is 15.8. The van der Waals surface area contributed by atoms with Crippen LogP contribution in [0.25, 0.3) is 0 Å². The molecule has 1 amide bonds. The summed E-state index contributed by atoms with van der Waals surface area (Å²) in [4.78, 5) is 22.7. The second-order valence-corrected chi connectivity index (χ2v) is 8.63. The van der Waals surface area contributed by atoms with Crippen LogP contribution in [0.3, 0.4) is 0 Å². The van der Waals surface area contributed by atoms with Crippen LogP contribution in [0.15, 0.2) is 17.6 Å². The van der Waals surface area contributed by atoms with Crippen LogP contribution in [0.2, 0.25) is 5.02 Å². The summed E-state index contributed by atoms with van der Waals surface area (Å²) in [6.45, 7) is 5.56. The fourth-order valence-electron chi connectivity index (χ4n) is 3.16. The van der Waals surface area contributed by atoms with E-state index in [1.807, 2.05) is 10.3 Å². The van der Waals surface area contributed by atoms with Crippen LogP contribution in [-0.4, -0.2) is 29.0 Å². The van der Waals surface area contributed by atoms with Gasteiger partial charge in [0, 0.05) is 36.5 Å². The van der Waals surface area contributed by atoms with Gasteiger partial charge in [0.2, 0.25) is 5.91 Å². The van der Waals surface area contributed by atoms with E-state index in [9.17, 15) is 18.0 Å². The Kier molecular flexibility index (Phi) is 6.68. The zero-order chi connectivity index (χ0) is 21.2. The molecule has 5 nitrogen and oxygen atoms in total. The number of thiazole rings is 1. The first-order valence-corrected chi connectivity index (χ1v) is 10.6. The zero-order valence-electron chi connectivity index (χ0n) is 16.1. The van der Waals surface area contributed by atoms with E-state index in [-0.39, 0.29) is 16.8 Å². The Bertz CT molecular complexity index is 863. The number of anilines is 1. The molecule has 1 fully saturated rings. The van der Waals surface area contributed by atoms with Crippen LogP contribution in [0.1, 0.15) is 48.9 Å². The summed E-state index contributed by atoms with van der Waals surface area (Å²) in [5.41, 5.74) is -0.0200. The standard InChI is InChI=1S/C19H22ClF3N4OS/c1-11(2)18-26-14(10-29-18)9-25-17(28)12-3-5-27(6-4-12)16-15(20)7-13(8-24-16)19(21,22)23/h7-8,10-12H,3-6,9H2,1-2H3,(H,25,28). The molecule has 29 heavy (non-hydrogen) atoms. The number of nitrogens with one attached hydrogen (secondary N) is 1. The lowest BCUT2D eigenvalue weighted by Gasteiger charge is -2.32. The first-order valence-electron chi connectivity index (χ1n) is 9.35. The molecule has 3 rings (SSSR count). The number of nitrogens with zero attached hydrogens (tertiary/aromatic N) is 3. The molecule has 0 unspecified atom stereocenters. The van der Waals surface area contributed by atoms with Crippen molar-refractivity contribution >= 4 is 34.7 Å². The number of aromatic nitrogens is 2. The number of piperidine rings is 1. The maximum atomic E-state index is 12.8. The summed E-state index contributed by atoms with van der Waals surface area (Å²) in [5, 5.41) is 5.90. The highest BCUT2D eigenvalue weighted by Gasteiger charge is 2.33. The van der Waals surface area contributed by atoms with Crippen molar-refractivity contribution in [3.8, 4) is 0 Å². The Morgan fingerprint density at radius 2 is 2.07 bits per heavy atom. The molecule has 1 N–H and O–H groups in total. The summed E-state index contributed by atoms with van der Waals surface area (Å²) >= 11 is 7.61. The van der Waals surface area contributed by atoms with E-state index in [1.165, 1.54) is 0 Å². The Morgan fingerprint density at radius 3 is 2.62 bits per heavy atom. The quantitative estimate of drug-likeness (QED) is 0.712. The van der Waals surface area contributed by atoms with Gasteiger partial charge in [-0.05, 0) is 18.9 Å². The Balaban J connectivity index is 1.52. The van der Waals surface area contributed by atoms with Crippen molar-refractivity contribution in [3.05, 3.63) is 38.9 Å². The van der Waals surface area contributed by atoms with Crippen molar-refractivity contribution in [2.75, 3.05) is 18.0 Å². The molecule has 0 bridgehead atoms. The Labute approximate surface area is 176 Å². The fraction of sp³-hybridized carbons (Fsp3) is 0.526. The first kappa shape index (κ1) is 21.8. The van der Waals surface area contributed by atoms with E-state index in [1.54, 1.807) is 11.3 Å². The third kappa shape index (κ3) is 5.39. The Morgan fingerprint density at radius 1 is 1.38 bits per heavy atom. The monoisotopic (exact) mass is 446 g/mol. The molecule has 0 aliphatic carbocycles. The van der Waals surface area contributed by atoms with E-state index in [0.717, 1.165) is 23.0 Å². The molecule has 2 aromatic heterocycles. The minimum atomic E-state index is -4.48. The molecule has 1 saturated heterocycles. The Hall–Kier alpha value is -1.87. The molecule has 0 atom stereocenters. The lowest BCUT2D eigenvalue weighted by molar-refractivity contribution is -0.137. The molecule has 3 heterocycles. The number of amides is 1. The van der Waals surface area contributed by atoms with E-state index in [2.05, 4.69) is 29.1 Å². The molecule has 0 radical (unpaired) electrons. The maximum Gasteiger partial charge on any atom is 0.417 e. The summed E-state index contributed by atoms with van der Waals surface area (Å²) in [7, 11) is 0. The molecule has 158 valence electrons. The minimum absolute atomic E-state index is 0.0322. The number of hydrogen-bond acceptors (Lipinski definition) is 5. The van der Waals surface area contributed by atoms with Gasteiger partial charge in [-0.15, -0.1) is 11.3 Å². The van der Waals surface area contributed by atoms with Gasteiger partial charge in [0.25, 0.3) is 0 Å². The van der Waals surface area contributed by atoms with E-state index in [0.29, 0.717) is 44.2 Å². The van der Waals surface area contributed by atoms with Crippen molar-refractivity contribution < 1.29 is 18.0 Å². The number of carbonyl (C=O) groups is 1.